The lowest BCUT2D eigenvalue weighted by molar-refractivity contribution is -0.116. The maximum Gasteiger partial charge on any atom is 0.272 e. The highest BCUT2D eigenvalue weighted by atomic mass is 32.2. The van der Waals surface area contributed by atoms with Gasteiger partial charge in [-0.05, 0) is 74.5 Å². The van der Waals surface area contributed by atoms with Gasteiger partial charge in [-0.25, -0.2) is 12.7 Å². The van der Waals surface area contributed by atoms with Gasteiger partial charge in [-0.3, -0.25) is 9.59 Å². The predicted octanol–water partition coefficient (Wildman–Crippen LogP) is 3.68. The van der Waals surface area contributed by atoms with Gasteiger partial charge in [-0.1, -0.05) is 0 Å². The molecule has 31 heavy (non-hydrogen) atoms. The highest BCUT2D eigenvalue weighted by molar-refractivity contribution is 7.92. The molecule has 0 radical (unpaired) electrons. The van der Waals surface area contributed by atoms with Crippen LogP contribution in [0.2, 0.25) is 0 Å². The van der Waals surface area contributed by atoms with Crippen LogP contribution >= 0.6 is 0 Å². The third kappa shape index (κ3) is 4.54. The molecule has 0 fully saturated rings. The van der Waals surface area contributed by atoms with Crippen molar-refractivity contribution in [3.8, 4) is 5.69 Å². The molecule has 0 aliphatic carbocycles. The van der Waals surface area contributed by atoms with Gasteiger partial charge in [0, 0.05) is 42.3 Å². The molecule has 1 heterocycles. The second-order valence-corrected chi connectivity index (χ2v) is 9.26. The van der Waals surface area contributed by atoms with Crippen LogP contribution in [0.4, 0.5) is 11.4 Å². The van der Waals surface area contributed by atoms with Crippen LogP contribution in [-0.4, -0.2) is 38.1 Å². The first-order chi connectivity index (χ1) is 14.5. The van der Waals surface area contributed by atoms with Crippen LogP contribution in [-0.2, 0) is 14.8 Å². The number of hydrogen-bond acceptors (Lipinski definition) is 4. The highest BCUT2D eigenvalue weighted by Crippen LogP contribution is 2.25. The minimum atomic E-state index is -3.88. The van der Waals surface area contributed by atoms with E-state index in [1.807, 2.05) is 30.5 Å². The summed E-state index contributed by atoms with van der Waals surface area (Å²) in [5, 5.41) is 0. The van der Waals surface area contributed by atoms with Crippen molar-refractivity contribution < 1.29 is 18.0 Å². The Morgan fingerprint density at radius 2 is 1.29 bits per heavy atom. The van der Waals surface area contributed by atoms with Crippen molar-refractivity contribution in [1.29, 1.82) is 0 Å². The van der Waals surface area contributed by atoms with E-state index in [1.54, 1.807) is 43.4 Å². The fraction of sp³-hybridized carbons (Fsp3) is 0.217. The largest absolute Gasteiger partial charge is 0.319 e. The first kappa shape index (κ1) is 22.3. The second-order valence-electron chi connectivity index (χ2n) is 7.43. The monoisotopic (exact) mass is 439 g/mol. The molecule has 1 aromatic heterocycles. The predicted molar refractivity (Wildman–Crippen MR) is 122 cm³/mol. The molecule has 8 heteroatoms. The molecule has 7 nitrogen and oxygen atoms in total. The maximum atomic E-state index is 13.1. The summed E-state index contributed by atoms with van der Waals surface area (Å²) < 4.78 is 27.7. The third-order valence-corrected chi connectivity index (χ3v) is 6.14. The van der Waals surface area contributed by atoms with Crippen molar-refractivity contribution in [2.75, 3.05) is 22.5 Å². The smallest absolute Gasteiger partial charge is 0.272 e. The molecule has 0 N–H and O–H groups in total. The number of rotatable bonds is 5. The number of anilines is 2. The zero-order chi connectivity index (χ0) is 22.9. The van der Waals surface area contributed by atoms with Crippen LogP contribution < -0.4 is 9.21 Å². The quantitative estimate of drug-likeness (QED) is 0.607. The zero-order valence-corrected chi connectivity index (χ0v) is 19.0. The molecule has 3 aromatic rings. The Bertz CT molecular complexity index is 1210. The van der Waals surface area contributed by atoms with E-state index in [0.29, 0.717) is 5.69 Å². The first-order valence-corrected chi connectivity index (χ1v) is 11.5. The maximum absolute atomic E-state index is 13.1. The van der Waals surface area contributed by atoms with Gasteiger partial charge in [-0.2, -0.15) is 0 Å². The van der Waals surface area contributed by atoms with Gasteiger partial charge < -0.3 is 9.47 Å². The number of carbonyl (C=O) groups excluding carboxylic acids is 2. The fourth-order valence-electron chi connectivity index (χ4n) is 3.40. The molecule has 2 aromatic carbocycles. The van der Waals surface area contributed by atoms with E-state index < -0.39 is 15.9 Å². The summed E-state index contributed by atoms with van der Waals surface area (Å²) >= 11 is 0. The van der Waals surface area contributed by atoms with Gasteiger partial charge in [0.05, 0.1) is 11.9 Å². The van der Waals surface area contributed by atoms with Crippen LogP contribution in [0.15, 0.2) is 60.7 Å². The molecule has 0 unspecified atom stereocenters. The normalized spacial score (nSPS) is 11.3. The topological polar surface area (TPSA) is 79.7 Å². The Labute approximate surface area is 182 Å². The Kier molecular flexibility index (Phi) is 6.03. The lowest BCUT2D eigenvalue weighted by Gasteiger charge is -2.22. The lowest BCUT2D eigenvalue weighted by Crippen LogP contribution is -2.36. The van der Waals surface area contributed by atoms with E-state index in [0.717, 1.165) is 27.6 Å². The van der Waals surface area contributed by atoms with Crippen molar-refractivity contribution in [2.24, 2.45) is 0 Å². The zero-order valence-electron chi connectivity index (χ0n) is 18.2. The average molecular weight is 440 g/mol. The number of benzene rings is 2. The molecule has 0 saturated heterocycles. The number of sulfonamides is 1. The van der Waals surface area contributed by atoms with Gasteiger partial charge in [0.2, 0.25) is 15.9 Å². The van der Waals surface area contributed by atoms with Crippen molar-refractivity contribution >= 4 is 33.2 Å². The Morgan fingerprint density at radius 1 is 0.806 bits per heavy atom. The number of aromatic nitrogens is 1. The standard InChI is InChI=1S/C23H25N3O4S/c1-16-6-7-17(2)25(16)21-10-8-19(9-11-21)23(28)26(31(5,29)30)22-14-12-20(13-15-22)24(4)18(3)27/h6-15H,1-5H3. The number of carbonyl (C=O) groups is 2. The highest BCUT2D eigenvalue weighted by Gasteiger charge is 2.27. The minimum absolute atomic E-state index is 0.156. The van der Waals surface area contributed by atoms with Crippen molar-refractivity contribution in [2.45, 2.75) is 20.8 Å². The Hall–Kier alpha value is -3.39. The number of nitrogens with zero attached hydrogens (tertiary/aromatic N) is 3. The summed E-state index contributed by atoms with van der Waals surface area (Å²) in [6.45, 7) is 5.41. The summed E-state index contributed by atoms with van der Waals surface area (Å²) in [6, 6.07) is 17.0. The van der Waals surface area contributed by atoms with Gasteiger partial charge in [-0.15, -0.1) is 0 Å². The van der Waals surface area contributed by atoms with Gasteiger partial charge in [0.1, 0.15) is 0 Å². The molecule has 0 aliphatic rings. The van der Waals surface area contributed by atoms with Crippen molar-refractivity contribution in [3.63, 3.8) is 0 Å². The molecule has 0 atom stereocenters. The summed E-state index contributed by atoms with van der Waals surface area (Å²) in [5.74, 6) is -0.806. The number of aryl methyl sites for hydroxylation is 2. The van der Waals surface area contributed by atoms with E-state index in [9.17, 15) is 18.0 Å². The van der Waals surface area contributed by atoms with E-state index in [2.05, 4.69) is 0 Å². The third-order valence-electron chi connectivity index (χ3n) is 5.10. The first-order valence-electron chi connectivity index (χ1n) is 9.65. The molecule has 0 saturated carbocycles. The molecule has 0 spiro atoms. The van der Waals surface area contributed by atoms with E-state index in [4.69, 9.17) is 0 Å². The Morgan fingerprint density at radius 3 is 1.74 bits per heavy atom. The molecular weight excluding hydrogens is 414 g/mol. The minimum Gasteiger partial charge on any atom is -0.319 e. The van der Waals surface area contributed by atoms with Crippen LogP contribution in [0.1, 0.15) is 28.7 Å². The van der Waals surface area contributed by atoms with Gasteiger partial charge in [0.25, 0.3) is 5.91 Å². The van der Waals surface area contributed by atoms with Crippen LogP contribution in [0.5, 0.6) is 0 Å². The van der Waals surface area contributed by atoms with Crippen molar-refractivity contribution in [3.05, 3.63) is 77.6 Å². The SMILES string of the molecule is CC(=O)N(C)c1ccc(N(C(=O)c2ccc(-n3c(C)ccc3C)cc2)S(C)(=O)=O)cc1. The number of hydrogen-bond donors (Lipinski definition) is 0. The van der Waals surface area contributed by atoms with Gasteiger partial charge in [0.15, 0.2) is 0 Å². The lowest BCUT2D eigenvalue weighted by atomic mass is 10.1. The van der Waals surface area contributed by atoms with Crippen LogP contribution in [0.3, 0.4) is 0 Å². The van der Waals surface area contributed by atoms with E-state index in [-0.39, 0.29) is 17.2 Å². The van der Waals surface area contributed by atoms with E-state index >= 15 is 0 Å². The summed E-state index contributed by atoms with van der Waals surface area (Å²) in [5.41, 5.74) is 4.06. The summed E-state index contributed by atoms with van der Waals surface area (Å²) in [4.78, 5) is 26.1. The molecule has 3 rings (SSSR count). The fourth-order valence-corrected chi connectivity index (χ4v) is 4.31. The molecule has 0 aliphatic heterocycles. The van der Waals surface area contributed by atoms with Crippen LogP contribution in [0.25, 0.3) is 5.69 Å². The van der Waals surface area contributed by atoms with E-state index in [1.165, 1.54) is 24.0 Å². The van der Waals surface area contributed by atoms with Gasteiger partial charge >= 0.3 is 0 Å². The molecule has 2 amide bonds. The molecular formula is C23H25N3O4S. The molecule has 0 bridgehead atoms. The number of amides is 2. The second kappa shape index (κ2) is 8.39. The summed E-state index contributed by atoms with van der Waals surface area (Å²) in [6.07, 6.45) is 0.988. The average Bonchev–Trinajstić information content (AvgIpc) is 3.05. The molecule has 162 valence electrons. The van der Waals surface area contributed by atoms with Crippen LogP contribution in [0, 0.1) is 13.8 Å². The van der Waals surface area contributed by atoms with Crippen molar-refractivity contribution in [1.82, 2.24) is 4.57 Å². The summed E-state index contributed by atoms with van der Waals surface area (Å²) in [7, 11) is -2.27. The Balaban J connectivity index is 1.95.